The van der Waals surface area contributed by atoms with Gasteiger partial charge in [0.15, 0.2) is 0 Å². The molecule has 0 aliphatic rings. The van der Waals surface area contributed by atoms with Crippen LogP contribution in [0.5, 0.6) is 0 Å². The molecule has 0 atom stereocenters. The molecule has 0 amide bonds. The van der Waals surface area contributed by atoms with Crippen LogP contribution in [0.2, 0.25) is 0 Å². The van der Waals surface area contributed by atoms with Gasteiger partial charge in [0.2, 0.25) is 0 Å². The van der Waals surface area contributed by atoms with E-state index in [4.69, 9.17) is 4.98 Å². The summed E-state index contributed by atoms with van der Waals surface area (Å²) in [6.45, 7) is 1.13. The molecule has 2 nitrogen and oxygen atoms in total. The fraction of sp³-hybridized carbons (Fsp3) is 0.400. The van der Waals surface area contributed by atoms with Crippen LogP contribution in [0.15, 0.2) is 35.4 Å². The quantitative estimate of drug-likeness (QED) is 0.766. The Labute approximate surface area is 113 Å². The Morgan fingerprint density at radius 1 is 1.22 bits per heavy atom. The van der Waals surface area contributed by atoms with E-state index < -0.39 is 0 Å². The first-order valence-electron chi connectivity index (χ1n) is 6.28. The van der Waals surface area contributed by atoms with E-state index in [2.05, 4.69) is 49.5 Å². The zero-order valence-electron chi connectivity index (χ0n) is 11.3. The number of thioether (sulfide) groups is 1. The van der Waals surface area contributed by atoms with Gasteiger partial charge in [-0.3, -0.25) is 0 Å². The second-order valence-corrected chi connectivity index (χ2v) is 5.55. The summed E-state index contributed by atoms with van der Waals surface area (Å²) in [5, 5.41) is 2.42. The van der Waals surface area contributed by atoms with Crippen molar-refractivity contribution in [2.24, 2.45) is 0 Å². The van der Waals surface area contributed by atoms with Crippen LogP contribution < -0.4 is 0 Å². The van der Waals surface area contributed by atoms with Gasteiger partial charge in [-0.05, 0) is 57.4 Å². The van der Waals surface area contributed by atoms with Crippen LogP contribution >= 0.6 is 11.8 Å². The molecule has 96 valence electrons. The second kappa shape index (κ2) is 6.21. The van der Waals surface area contributed by atoms with Crippen LogP contribution in [0.1, 0.15) is 12.0 Å². The third-order valence-corrected chi connectivity index (χ3v) is 3.75. The van der Waals surface area contributed by atoms with E-state index in [0.29, 0.717) is 0 Å². The largest absolute Gasteiger partial charge is 0.309 e. The minimum absolute atomic E-state index is 1.10. The highest BCUT2D eigenvalue weighted by atomic mass is 32.2. The first-order chi connectivity index (χ1) is 8.70. The summed E-state index contributed by atoms with van der Waals surface area (Å²) in [7, 11) is 4.24. The van der Waals surface area contributed by atoms with Gasteiger partial charge >= 0.3 is 0 Å². The smallest absolute Gasteiger partial charge is 0.0996 e. The molecule has 0 saturated carbocycles. The average Bonchev–Trinajstić information content (AvgIpc) is 2.37. The Balaban J connectivity index is 2.24. The summed E-state index contributed by atoms with van der Waals surface area (Å²) in [4.78, 5) is 6.97. The molecule has 18 heavy (non-hydrogen) atoms. The van der Waals surface area contributed by atoms with Gasteiger partial charge in [-0.2, -0.15) is 0 Å². The van der Waals surface area contributed by atoms with Crippen LogP contribution in [-0.2, 0) is 6.42 Å². The van der Waals surface area contributed by atoms with Crippen molar-refractivity contribution in [1.82, 2.24) is 9.88 Å². The number of nitrogens with zero attached hydrogens (tertiary/aromatic N) is 2. The normalized spacial score (nSPS) is 11.3. The predicted molar refractivity (Wildman–Crippen MR) is 80.4 cm³/mol. The standard InChI is InChI=1S/C15H20N2S/c1-17(2)10-6-8-13-11-12-7-4-5-9-14(12)16-15(13)18-3/h4-5,7,9,11H,6,8,10H2,1-3H3. The fourth-order valence-electron chi connectivity index (χ4n) is 2.08. The van der Waals surface area contributed by atoms with E-state index in [0.717, 1.165) is 18.5 Å². The molecule has 1 aromatic heterocycles. The van der Waals surface area contributed by atoms with Gasteiger partial charge < -0.3 is 4.90 Å². The van der Waals surface area contributed by atoms with Crippen molar-refractivity contribution in [2.75, 3.05) is 26.9 Å². The van der Waals surface area contributed by atoms with Crippen molar-refractivity contribution in [2.45, 2.75) is 17.9 Å². The van der Waals surface area contributed by atoms with Crippen LogP contribution in [0.25, 0.3) is 10.9 Å². The molecule has 0 spiro atoms. The third-order valence-electron chi connectivity index (χ3n) is 3.01. The first kappa shape index (κ1) is 13.4. The molecule has 3 heteroatoms. The van der Waals surface area contributed by atoms with Gasteiger partial charge in [0.25, 0.3) is 0 Å². The zero-order valence-corrected chi connectivity index (χ0v) is 12.1. The summed E-state index contributed by atoms with van der Waals surface area (Å²) >= 11 is 1.74. The summed E-state index contributed by atoms with van der Waals surface area (Å²) in [6.07, 6.45) is 4.39. The Bertz CT molecular complexity index is 523. The number of aryl methyl sites for hydroxylation is 1. The molecule has 0 aliphatic heterocycles. The summed E-state index contributed by atoms with van der Waals surface area (Å²) in [5.74, 6) is 0. The lowest BCUT2D eigenvalue weighted by Crippen LogP contribution is -2.13. The molecular weight excluding hydrogens is 240 g/mol. The lowest BCUT2D eigenvalue weighted by atomic mass is 10.1. The molecule has 0 radical (unpaired) electrons. The van der Waals surface area contributed by atoms with E-state index in [9.17, 15) is 0 Å². The van der Waals surface area contributed by atoms with E-state index >= 15 is 0 Å². The maximum atomic E-state index is 4.74. The van der Waals surface area contributed by atoms with E-state index in [1.165, 1.54) is 22.4 Å². The highest BCUT2D eigenvalue weighted by Crippen LogP contribution is 2.24. The minimum atomic E-state index is 1.10. The molecule has 0 bridgehead atoms. The van der Waals surface area contributed by atoms with Gasteiger partial charge in [-0.1, -0.05) is 18.2 Å². The Morgan fingerprint density at radius 2 is 2.00 bits per heavy atom. The van der Waals surface area contributed by atoms with Crippen molar-refractivity contribution in [3.8, 4) is 0 Å². The Kier molecular flexibility index (Phi) is 4.61. The van der Waals surface area contributed by atoms with Crippen LogP contribution in [-0.4, -0.2) is 36.8 Å². The van der Waals surface area contributed by atoms with Gasteiger partial charge in [-0.15, -0.1) is 11.8 Å². The molecule has 0 fully saturated rings. The van der Waals surface area contributed by atoms with Crippen LogP contribution in [0.4, 0.5) is 0 Å². The van der Waals surface area contributed by atoms with E-state index in [1.807, 2.05) is 6.07 Å². The molecule has 0 aliphatic carbocycles. The number of hydrogen-bond donors (Lipinski definition) is 0. The Hall–Kier alpha value is -1.06. The minimum Gasteiger partial charge on any atom is -0.309 e. The van der Waals surface area contributed by atoms with Gasteiger partial charge in [-0.25, -0.2) is 4.98 Å². The summed E-state index contributed by atoms with van der Waals surface area (Å²) in [6, 6.07) is 10.6. The number of aromatic nitrogens is 1. The van der Waals surface area contributed by atoms with Crippen LogP contribution in [0.3, 0.4) is 0 Å². The predicted octanol–water partition coefficient (Wildman–Crippen LogP) is 3.45. The summed E-state index contributed by atoms with van der Waals surface area (Å²) < 4.78 is 0. The number of benzene rings is 1. The van der Waals surface area contributed by atoms with Gasteiger partial charge in [0.05, 0.1) is 10.5 Å². The molecule has 0 unspecified atom stereocenters. The zero-order chi connectivity index (χ0) is 13.0. The highest BCUT2D eigenvalue weighted by molar-refractivity contribution is 7.98. The molecule has 2 aromatic rings. The topological polar surface area (TPSA) is 16.1 Å². The van der Waals surface area contributed by atoms with Crippen molar-refractivity contribution < 1.29 is 0 Å². The molecule has 1 heterocycles. The lowest BCUT2D eigenvalue weighted by molar-refractivity contribution is 0.400. The first-order valence-corrected chi connectivity index (χ1v) is 7.50. The maximum absolute atomic E-state index is 4.74. The van der Waals surface area contributed by atoms with Crippen LogP contribution in [0, 0.1) is 0 Å². The van der Waals surface area contributed by atoms with E-state index in [1.54, 1.807) is 11.8 Å². The molecular formula is C15H20N2S. The number of pyridine rings is 1. The number of fused-ring (bicyclic) bond motifs is 1. The van der Waals surface area contributed by atoms with E-state index in [-0.39, 0.29) is 0 Å². The monoisotopic (exact) mass is 260 g/mol. The van der Waals surface area contributed by atoms with Crippen molar-refractivity contribution in [1.29, 1.82) is 0 Å². The summed E-state index contributed by atoms with van der Waals surface area (Å²) in [5.41, 5.74) is 2.47. The van der Waals surface area contributed by atoms with Crippen molar-refractivity contribution in [3.05, 3.63) is 35.9 Å². The molecule has 0 saturated heterocycles. The lowest BCUT2D eigenvalue weighted by Gasteiger charge is -2.11. The van der Waals surface area contributed by atoms with Crippen molar-refractivity contribution in [3.63, 3.8) is 0 Å². The number of para-hydroxylation sites is 1. The molecule has 0 N–H and O–H groups in total. The Morgan fingerprint density at radius 3 is 2.72 bits per heavy atom. The maximum Gasteiger partial charge on any atom is 0.0996 e. The average molecular weight is 260 g/mol. The molecule has 1 aromatic carbocycles. The fourth-order valence-corrected chi connectivity index (χ4v) is 2.70. The SMILES string of the molecule is CSc1nc2ccccc2cc1CCCN(C)C. The van der Waals surface area contributed by atoms with Crippen molar-refractivity contribution >= 4 is 22.7 Å². The van der Waals surface area contributed by atoms with Gasteiger partial charge in [0.1, 0.15) is 0 Å². The third kappa shape index (κ3) is 3.24. The second-order valence-electron chi connectivity index (χ2n) is 4.76. The number of rotatable bonds is 5. The highest BCUT2D eigenvalue weighted by Gasteiger charge is 2.06. The molecule has 2 rings (SSSR count). The van der Waals surface area contributed by atoms with Gasteiger partial charge in [0, 0.05) is 5.39 Å². The number of hydrogen-bond acceptors (Lipinski definition) is 3.